The first-order valence-electron chi connectivity index (χ1n) is 13.2. The Morgan fingerprint density at radius 3 is 2.17 bits per heavy atom. The predicted molar refractivity (Wildman–Crippen MR) is 132 cm³/mol. The molecule has 0 aromatic heterocycles. The van der Waals surface area contributed by atoms with Crippen molar-refractivity contribution in [2.45, 2.75) is 89.6 Å². The Morgan fingerprint density at radius 1 is 0.972 bits per heavy atom. The van der Waals surface area contributed by atoms with Crippen LogP contribution in [0.1, 0.15) is 77.6 Å². The van der Waals surface area contributed by atoms with Gasteiger partial charge in [-0.15, -0.1) is 0 Å². The van der Waals surface area contributed by atoms with Gasteiger partial charge < -0.3 is 26.2 Å². The lowest BCUT2D eigenvalue weighted by atomic mass is 9.92. The fourth-order valence-electron chi connectivity index (χ4n) is 5.27. The summed E-state index contributed by atoms with van der Waals surface area (Å²) in [6.45, 7) is 3.44. The van der Waals surface area contributed by atoms with Gasteiger partial charge in [0.05, 0.1) is 12.5 Å². The number of piperidine rings is 1. The topological polar surface area (TPSA) is 170 Å². The summed E-state index contributed by atoms with van der Waals surface area (Å²) >= 11 is 0. The number of carboxylic acid groups (broad SMARTS) is 2. The van der Waals surface area contributed by atoms with E-state index in [1.807, 2.05) is 0 Å². The number of amides is 3. The molecule has 0 aromatic rings. The van der Waals surface area contributed by atoms with Crippen molar-refractivity contribution in [2.75, 3.05) is 26.2 Å². The van der Waals surface area contributed by atoms with E-state index in [4.69, 9.17) is 10.8 Å². The molecule has 3 amide bonds. The highest BCUT2D eigenvalue weighted by molar-refractivity contribution is 6.03. The molecule has 1 saturated carbocycles. The fourth-order valence-corrected chi connectivity index (χ4v) is 5.27. The molecule has 204 valence electrons. The number of aliphatic carboxylic acids is 2. The summed E-state index contributed by atoms with van der Waals surface area (Å²) in [6.07, 6.45) is 6.91. The standard InChI is InChI=1S/C25H42N4O7/c1-2-28(21(30)9-5-8-17-10-12-27-13-11-17)16-22(31)29(24(34)19(26)15-23(32)33)20(25(35)36)14-18-6-3-4-7-18/h17-20,27H,2-16,26H2,1H3,(H,32,33)(H,35,36). The third-order valence-corrected chi connectivity index (χ3v) is 7.37. The third-order valence-electron chi connectivity index (χ3n) is 7.37. The highest BCUT2D eigenvalue weighted by Crippen LogP contribution is 2.30. The van der Waals surface area contributed by atoms with Crippen molar-refractivity contribution in [3.63, 3.8) is 0 Å². The van der Waals surface area contributed by atoms with E-state index >= 15 is 0 Å². The molecule has 11 nitrogen and oxygen atoms in total. The Kier molecular flexibility index (Phi) is 12.3. The Hall–Kier alpha value is -2.53. The Balaban J connectivity index is 2.11. The summed E-state index contributed by atoms with van der Waals surface area (Å²) in [6, 6.07) is -3.02. The summed E-state index contributed by atoms with van der Waals surface area (Å²) < 4.78 is 0. The van der Waals surface area contributed by atoms with E-state index in [0.717, 1.165) is 58.0 Å². The Labute approximate surface area is 212 Å². The lowest BCUT2D eigenvalue weighted by Gasteiger charge is -2.32. The number of imide groups is 1. The molecule has 36 heavy (non-hydrogen) atoms. The van der Waals surface area contributed by atoms with E-state index in [2.05, 4.69) is 5.32 Å². The van der Waals surface area contributed by atoms with Gasteiger partial charge >= 0.3 is 11.9 Å². The van der Waals surface area contributed by atoms with E-state index in [9.17, 15) is 29.1 Å². The minimum atomic E-state index is -1.56. The maximum absolute atomic E-state index is 13.3. The van der Waals surface area contributed by atoms with Gasteiger partial charge in [0.15, 0.2) is 0 Å². The van der Waals surface area contributed by atoms with Gasteiger partial charge in [0.25, 0.3) is 0 Å². The molecule has 0 radical (unpaired) electrons. The molecule has 1 heterocycles. The van der Waals surface area contributed by atoms with Crippen LogP contribution >= 0.6 is 0 Å². The molecular weight excluding hydrogens is 468 g/mol. The van der Waals surface area contributed by atoms with Crippen LogP contribution in [-0.4, -0.2) is 87.9 Å². The first-order valence-corrected chi connectivity index (χ1v) is 13.2. The van der Waals surface area contributed by atoms with Crippen LogP contribution in [0.15, 0.2) is 0 Å². The van der Waals surface area contributed by atoms with Gasteiger partial charge in [0.1, 0.15) is 12.6 Å². The van der Waals surface area contributed by atoms with Crippen LogP contribution in [0.25, 0.3) is 0 Å². The molecular formula is C25H42N4O7. The van der Waals surface area contributed by atoms with Gasteiger partial charge in [-0.05, 0) is 64.0 Å². The highest BCUT2D eigenvalue weighted by atomic mass is 16.4. The summed E-state index contributed by atoms with van der Waals surface area (Å²) in [7, 11) is 0. The van der Waals surface area contributed by atoms with Crippen LogP contribution in [-0.2, 0) is 24.0 Å². The molecule has 2 rings (SSSR count). The number of likely N-dealkylation sites (N-methyl/N-ethyl adjacent to an activating group) is 1. The number of hydrogen-bond donors (Lipinski definition) is 4. The molecule has 1 aliphatic heterocycles. The Morgan fingerprint density at radius 2 is 1.61 bits per heavy atom. The molecule has 11 heteroatoms. The van der Waals surface area contributed by atoms with Gasteiger partial charge in [0.2, 0.25) is 17.7 Å². The van der Waals surface area contributed by atoms with Crippen molar-refractivity contribution in [3.05, 3.63) is 0 Å². The first-order chi connectivity index (χ1) is 17.1. The van der Waals surface area contributed by atoms with Gasteiger partial charge in [-0.3, -0.25) is 24.1 Å². The molecule has 1 aliphatic carbocycles. The number of rotatable bonds is 14. The van der Waals surface area contributed by atoms with Crippen molar-refractivity contribution >= 4 is 29.7 Å². The SMILES string of the molecule is CCN(CC(=O)N(C(=O)C(N)CC(=O)O)C(CC1CCCC1)C(=O)O)C(=O)CCCC1CCNCC1. The molecule has 1 saturated heterocycles. The molecule has 2 atom stereocenters. The fraction of sp³-hybridized carbons (Fsp3) is 0.800. The molecule has 0 aromatic carbocycles. The second kappa shape index (κ2) is 14.9. The van der Waals surface area contributed by atoms with Crippen molar-refractivity contribution < 1.29 is 34.2 Å². The zero-order chi connectivity index (χ0) is 26.7. The minimum Gasteiger partial charge on any atom is -0.481 e. The number of nitrogens with two attached hydrogens (primary N) is 1. The van der Waals surface area contributed by atoms with Gasteiger partial charge in [-0.25, -0.2) is 4.79 Å². The largest absolute Gasteiger partial charge is 0.481 e. The van der Waals surface area contributed by atoms with E-state index in [1.165, 1.54) is 4.90 Å². The van der Waals surface area contributed by atoms with Crippen molar-refractivity contribution in [1.82, 2.24) is 15.1 Å². The van der Waals surface area contributed by atoms with Gasteiger partial charge in [-0.2, -0.15) is 0 Å². The second-order valence-electron chi connectivity index (χ2n) is 10.0. The molecule has 0 bridgehead atoms. The van der Waals surface area contributed by atoms with Crippen molar-refractivity contribution in [1.29, 1.82) is 0 Å². The maximum Gasteiger partial charge on any atom is 0.326 e. The smallest absolute Gasteiger partial charge is 0.326 e. The third kappa shape index (κ3) is 9.16. The number of hydrogen-bond acceptors (Lipinski definition) is 7. The quantitative estimate of drug-likeness (QED) is 0.268. The maximum atomic E-state index is 13.3. The predicted octanol–water partition coefficient (Wildman–Crippen LogP) is 1.20. The minimum absolute atomic E-state index is 0.0452. The van der Waals surface area contributed by atoms with Crippen LogP contribution in [0.2, 0.25) is 0 Å². The summed E-state index contributed by atoms with van der Waals surface area (Å²) in [5.41, 5.74) is 5.76. The lowest BCUT2D eigenvalue weighted by molar-refractivity contribution is -0.161. The normalized spacial score (nSPS) is 18.4. The molecule has 2 unspecified atom stereocenters. The van der Waals surface area contributed by atoms with E-state index in [0.29, 0.717) is 17.2 Å². The lowest BCUT2D eigenvalue weighted by Crippen LogP contribution is -2.57. The summed E-state index contributed by atoms with van der Waals surface area (Å²) in [4.78, 5) is 64.5. The first kappa shape index (κ1) is 29.7. The summed E-state index contributed by atoms with van der Waals surface area (Å²) in [5, 5.41) is 22.3. The number of carbonyl (C=O) groups excluding carboxylic acids is 3. The van der Waals surface area contributed by atoms with Crippen LogP contribution in [0.3, 0.4) is 0 Å². The van der Waals surface area contributed by atoms with Gasteiger partial charge in [-0.1, -0.05) is 25.7 Å². The van der Waals surface area contributed by atoms with E-state index in [1.54, 1.807) is 6.92 Å². The van der Waals surface area contributed by atoms with Crippen LogP contribution in [0, 0.1) is 11.8 Å². The van der Waals surface area contributed by atoms with E-state index in [-0.39, 0.29) is 31.2 Å². The van der Waals surface area contributed by atoms with E-state index < -0.39 is 48.8 Å². The molecule has 0 spiro atoms. The monoisotopic (exact) mass is 510 g/mol. The van der Waals surface area contributed by atoms with Crippen LogP contribution in [0.4, 0.5) is 0 Å². The number of nitrogens with one attached hydrogen (secondary N) is 1. The molecule has 2 fully saturated rings. The average Bonchev–Trinajstić information content (AvgIpc) is 3.35. The van der Waals surface area contributed by atoms with Gasteiger partial charge in [0, 0.05) is 13.0 Å². The van der Waals surface area contributed by atoms with Crippen molar-refractivity contribution in [2.24, 2.45) is 17.6 Å². The number of nitrogens with zero attached hydrogens (tertiary/aromatic N) is 2. The number of carboxylic acids is 2. The van der Waals surface area contributed by atoms with Crippen LogP contribution < -0.4 is 11.1 Å². The molecule has 5 N–H and O–H groups in total. The second-order valence-corrected chi connectivity index (χ2v) is 10.0. The Bertz CT molecular complexity index is 778. The zero-order valence-electron chi connectivity index (χ0n) is 21.3. The van der Waals surface area contributed by atoms with Crippen LogP contribution in [0.5, 0.6) is 0 Å². The number of carbonyl (C=O) groups is 5. The highest BCUT2D eigenvalue weighted by Gasteiger charge is 2.40. The zero-order valence-corrected chi connectivity index (χ0v) is 21.3. The molecule has 2 aliphatic rings. The van der Waals surface area contributed by atoms with Crippen molar-refractivity contribution in [3.8, 4) is 0 Å². The average molecular weight is 511 g/mol. The summed E-state index contributed by atoms with van der Waals surface area (Å²) in [5.74, 6) is -4.17.